The van der Waals surface area contributed by atoms with E-state index in [1.165, 1.54) is 5.56 Å². The zero-order valence-corrected chi connectivity index (χ0v) is 22.9. The predicted octanol–water partition coefficient (Wildman–Crippen LogP) is 5.87. The maximum atomic E-state index is 13.9. The van der Waals surface area contributed by atoms with Crippen molar-refractivity contribution in [3.63, 3.8) is 0 Å². The van der Waals surface area contributed by atoms with E-state index in [1.807, 2.05) is 37.3 Å². The van der Waals surface area contributed by atoms with Gasteiger partial charge in [0.1, 0.15) is 5.54 Å². The Kier molecular flexibility index (Phi) is 6.04. The fourth-order valence-electron chi connectivity index (χ4n) is 6.08. The lowest BCUT2D eigenvalue weighted by atomic mass is 9.80. The van der Waals surface area contributed by atoms with Crippen LogP contribution in [0.2, 0.25) is 0 Å². The van der Waals surface area contributed by atoms with Crippen molar-refractivity contribution in [3.8, 4) is 0 Å². The SMILES string of the molecule is Cc1ccc(N2CCN3c4ccc(C)cc4[C@@H](NS(=O)(=O)c4ccc(C)cc4)[C@]3(c3ccccc3)C2)cc1. The Morgan fingerprint density at radius 2 is 1.39 bits per heavy atom. The molecule has 0 aliphatic carbocycles. The number of hydrogen-bond donors (Lipinski definition) is 1. The lowest BCUT2D eigenvalue weighted by Crippen LogP contribution is -2.63. The second-order valence-electron chi connectivity index (χ2n) is 10.6. The first-order valence-corrected chi connectivity index (χ1v) is 14.6. The number of fused-ring (bicyclic) bond motifs is 3. The molecule has 0 amide bonds. The van der Waals surface area contributed by atoms with E-state index >= 15 is 0 Å². The number of nitrogens with one attached hydrogen (secondary N) is 1. The van der Waals surface area contributed by atoms with Crippen LogP contribution in [0.1, 0.15) is 33.9 Å². The molecule has 0 saturated carbocycles. The molecule has 0 unspecified atom stereocenters. The highest BCUT2D eigenvalue weighted by molar-refractivity contribution is 7.89. The van der Waals surface area contributed by atoms with Gasteiger partial charge >= 0.3 is 0 Å². The Balaban J connectivity index is 1.53. The summed E-state index contributed by atoms with van der Waals surface area (Å²) < 4.78 is 31.0. The zero-order valence-electron chi connectivity index (χ0n) is 22.1. The van der Waals surface area contributed by atoms with Crippen LogP contribution in [0.15, 0.2) is 102 Å². The summed E-state index contributed by atoms with van der Waals surface area (Å²) >= 11 is 0. The summed E-state index contributed by atoms with van der Waals surface area (Å²) in [5, 5.41) is 0. The Bertz CT molecular complexity index is 1570. The molecule has 0 radical (unpaired) electrons. The predicted molar refractivity (Wildman–Crippen MR) is 154 cm³/mol. The van der Waals surface area contributed by atoms with E-state index in [0.717, 1.165) is 46.7 Å². The Morgan fingerprint density at radius 1 is 0.763 bits per heavy atom. The fourth-order valence-corrected chi connectivity index (χ4v) is 7.35. The van der Waals surface area contributed by atoms with E-state index in [4.69, 9.17) is 0 Å². The third-order valence-electron chi connectivity index (χ3n) is 8.05. The van der Waals surface area contributed by atoms with Gasteiger partial charge in [0.05, 0.1) is 10.9 Å². The van der Waals surface area contributed by atoms with Crippen LogP contribution in [-0.2, 0) is 15.6 Å². The van der Waals surface area contributed by atoms with Crippen molar-refractivity contribution < 1.29 is 8.42 Å². The molecule has 1 saturated heterocycles. The summed E-state index contributed by atoms with van der Waals surface area (Å²) in [5.74, 6) is 0. The molecule has 0 bridgehead atoms. The van der Waals surface area contributed by atoms with Gasteiger partial charge in [0.15, 0.2) is 0 Å². The molecule has 0 aromatic heterocycles. The van der Waals surface area contributed by atoms with Crippen molar-refractivity contribution in [2.45, 2.75) is 37.2 Å². The van der Waals surface area contributed by atoms with Gasteiger partial charge < -0.3 is 9.80 Å². The lowest BCUT2D eigenvalue weighted by Gasteiger charge is -2.51. The van der Waals surface area contributed by atoms with Crippen molar-refractivity contribution in [2.75, 3.05) is 29.4 Å². The molecule has 5 nitrogen and oxygen atoms in total. The highest BCUT2D eigenvalue weighted by Crippen LogP contribution is 2.54. The van der Waals surface area contributed by atoms with E-state index in [-0.39, 0.29) is 4.90 Å². The van der Waals surface area contributed by atoms with Crippen LogP contribution in [0, 0.1) is 20.8 Å². The number of anilines is 2. The quantitative estimate of drug-likeness (QED) is 0.356. The Morgan fingerprint density at radius 3 is 2.08 bits per heavy atom. The molecule has 6 rings (SSSR count). The van der Waals surface area contributed by atoms with Crippen LogP contribution >= 0.6 is 0 Å². The average Bonchev–Trinajstić information content (AvgIpc) is 3.18. The third-order valence-corrected chi connectivity index (χ3v) is 9.49. The number of hydrogen-bond acceptors (Lipinski definition) is 4. The first-order chi connectivity index (χ1) is 18.3. The lowest BCUT2D eigenvalue weighted by molar-refractivity contribution is 0.310. The van der Waals surface area contributed by atoms with Crippen LogP contribution in [0.25, 0.3) is 0 Å². The van der Waals surface area contributed by atoms with Gasteiger partial charge in [-0.3, -0.25) is 0 Å². The van der Waals surface area contributed by atoms with Gasteiger partial charge in [0, 0.05) is 31.0 Å². The van der Waals surface area contributed by atoms with Crippen molar-refractivity contribution >= 4 is 21.4 Å². The van der Waals surface area contributed by atoms with E-state index < -0.39 is 21.6 Å². The van der Waals surface area contributed by atoms with E-state index in [1.54, 1.807) is 12.1 Å². The van der Waals surface area contributed by atoms with Gasteiger partial charge in [0.25, 0.3) is 0 Å². The summed E-state index contributed by atoms with van der Waals surface area (Å²) in [5.41, 5.74) is 7.10. The van der Waals surface area contributed by atoms with E-state index in [0.29, 0.717) is 6.54 Å². The first-order valence-electron chi connectivity index (χ1n) is 13.1. The maximum Gasteiger partial charge on any atom is 0.241 e. The van der Waals surface area contributed by atoms with Crippen molar-refractivity contribution in [1.29, 1.82) is 0 Å². The summed E-state index contributed by atoms with van der Waals surface area (Å²) in [6.07, 6.45) is 0. The summed E-state index contributed by atoms with van der Waals surface area (Å²) in [6.45, 7) is 8.40. The Labute approximate surface area is 225 Å². The van der Waals surface area contributed by atoms with Crippen LogP contribution < -0.4 is 14.5 Å². The minimum atomic E-state index is -3.80. The standard InChI is InChI=1S/C32H33N3O2S/c1-23-9-14-27(15-10-23)34-19-20-35-30-18-13-25(3)21-29(30)31(32(35,22-34)26-7-5-4-6-8-26)33-38(36,37)28-16-11-24(2)12-17-28/h4-18,21,31,33H,19-20,22H2,1-3H3/t31-,32-/m1/s1. The molecule has 0 spiro atoms. The van der Waals surface area contributed by atoms with Crippen LogP contribution in [0.3, 0.4) is 0 Å². The van der Waals surface area contributed by atoms with Gasteiger partial charge in [-0.25, -0.2) is 13.1 Å². The normalized spacial score (nSPS) is 20.8. The van der Waals surface area contributed by atoms with Crippen molar-refractivity contribution in [2.24, 2.45) is 0 Å². The number of aryl methyl sites for hydroxylation is 3. The largest absolute Gasteiger partial charge is 0.367 e. The molecule has 194 valence electrons. The minimum absolute atomic E-state index is 0.283. The average molecular weight is 524 g/mol. The fraction of sp³-hybridized carbons (Fsp3) is 0.250. The van der Waals surface area contributed by atoms with Gasteiger partial charge in [-0.1, -0.05) is 83.4 Å². The van der Waals surface area contributed by atoms with E-state index in [2.05, 4.69) is 83.0 Å². The van der Waals surface area contributed by atoms with Crippen LogP contribution in [0.5, 0.6) is 0 Å². The third kappa shape index (κ3) is 4.08. The maximum absolute atomic E-state index is 13.9. The van der Waals surface area contributed by atoms with Crippen molar-refractivity contribution in [1.82, 2.24) is 4.72 Å². The molecule has 1 N–H and O–H groups in total. The second-order valence-corrected chi connectivity index (χ2v) is 12.3. The first kappa shape index (κ1) is 24.7. The minimum Gasteiger partial charge on any atom is -0.367 e. The van der Waals surface area contributed by atoms with Gasteiger partial charge in [0.2, 0.25) is 10.0 Å². The second kappa shape index (κ2) is 9.29. The van der Waals surface area contributed by atoms with E-state index in [9.17, 15) is 8.42 Å². The summed E-state index contributed by atoms with van der Waals surface area (Å²) in [6, 6.07) is 32.0. The summed E-state index contributed by atoms with van der Waals surface area (Å²) in [7, 11) is -3.80. The topological polar surface area (TPSA) is 52.6 Å². The molecule has 6 heteroatoms. The monoisotopic (exact) mass is 523 g/mol. The highest BCUT2D eigenvalue weighted by atomic mass is 32.2. The number of rotatable bonds is 5. The molecule has 2 aliphatic heterocycles. The molecule has 2 aliphatic rings. The molecular weight excluding hydrogens is 490 g/mol. The number of benzene rings is 4. The highest BCUT2D eigenvalue weighted by Gasteiger charge is 2.56. The van der Waals surface area contributed by atoms with Crippen molar-refractivity contribution in [3.05, 3.63) is 125 Å². The molecule has 4 aromatic carbocycles. The number of nitrogens with zero attached hydrogens (tertiary/aromatic N) is 2. The molecular formula is C32H33N3O2S. The molecule has 1 fully saturated rings. The molecule has 38 heavy (non-hydrogen) atoms. The number of sulfonamides is 1. The van der Waals surface area contributed by atoms with Crippen LogP contribution in [0.4, 0.5) is 11.4 Å². The molecule has 4 aromatic rings. The Hall–Kier alpha value is -3.61. The van der Waals surface area contributed by atoms with Gasteiger partial charge in [-0.05, 0) is 62.2 Å². The zero-order chi connectivity index (χ0) is 26.5. The van der Waals surface area contributed by atoms with Crippen LogP contribution in [-0.4, -0.2) is 28.1 Å². The molecule has 2 atom stereocenters. The summed E-state index contributed by atoms with van der Waals surface area (Å²) in [4.78, 5) is 5.11. The van der Waals surface area contributed by atoms with Gasteiger partial charge in [-0.15, -0.1) is 0 Å². The van der Waals surface area contributed by atoms with Gasteiger partial charge in [-0.2, -0.15) is 0 Å². The smallest absolute Gasteiger partial charge is 0.241 e. The molecule has 2 heterocycles. The number of piperazine rings is 1.